The Morgan fingerprint density at radius 3 is 2.69 bits per heavy atom. The predicted molar refractivity (Wildman–Crippen MR) is 148 cm³/mol. The summed E-state index contributed by atoms with van der Waals surface area (Å²) in [7, 11) is 0. The van der Waals surface area contributed by atoms with E-state index in [1.54, 1.807) is 0 Å². The second-order valence-corrected chi connectivity index (χ2v) is 9.24. The summed E-state index contributed by atoms with van der Waals surface area (Å²) in [5, 5.41) is 10.3. The Balaban J connectivity index is 1.42. The molecular formula is C28H37N7O. The van der Waals surface area contributed by atoms with Crippen molar-refractivity contribution >= 4 is 18.1 Å². The topological polar surface area (TPSA) is 85.4 Å². The summed E-state index contributed by atoms with van der Waals surface area (Å²) in [6, 6.07) is 5.74. The molecule has 0 bridgehead atoms. The van der Waals surface area contributed by atoms with E-state index in [1.807, 2.05) is 43.4 Å². The highest BCUT2D eigenvalue weighted by atomic mass is 16.1. The summed E-state index contributed by atoms with van der Waals surface area (Å²) in [5.74, 6) is 1.46. The number of fused-ring (bicyclic) bond motifs is 1. The van der Waals surface area contributed by atoms with E-state index >= 15 is 0 Å². The number of aromatic nitrogens is 2. The number of piperazine rings is 1. The molecule has 4 rings (SSSR count). The van der Waals surface area contributed by atoms with Crippen LogP contribution < -0.4 is 16.0 Å². The number of aldehydes is 1. The van der Waals surface area contributed by atoms with Gasteiger partial charge in [-0.25, -0.2) is 4.98 Å². The molecule has 0 atom stereocenters. The van der Waals surface area contributed by atoms with E-state index in [4.69, 9.17) is 9.97 Å². The van der Waals surface area contributed by atoms with Gasteiger partial charge in [0.25, 0.3) is 0 Å². The number of carbonyl (C=O) groups is 1. The number of allylic oxidation sites excluding steroid dienone is 2. The zero-order valence-electron chi connectivity index (χ0n) is 21.2. The molecule has 1 fully saturated rings. The minimum Gasteiger partial charge on any atom is -0.368 e. The number of carbonyl (C=O) groups excluding carboxylic acids is 1. The van der Waals surface area contributed by atoms with Crippen molar-refractivity contribution in [2.24, 2.45) is 0 Å². The third-order valence-corrected chi connectivity index (χ3v) is 6.73. The van der Waals surface area contributed by atoms with E-state index in [-0.39, 0.29) is 0 Å². The second kappa shape index (κ2) is 12.6. The minimum atomic E-state index is 0.609. The van der Waals surface area contributed by atoms with E-state index in [2.05, 4.69) is 38.9 Å². The van der Waals surface area contributed by atoms with Crippen LogP contribution in [0, 0.1) is 6.92 Å². The SMILES string of the molecule is C=C/C=C(\C=C)CN1CCN(CCNc2nc3c(c(-c4cc(C=O)ccc4C)n2)CNCCN3)CC1. The third kappa shape index (κ3) is 6.46. The molecule has 8 nitrogen and oxygen atoms in total. The van der Waals surface area contributed by atoms with Crippen molar-refractivity contribution in [1.82, 2.24) is 25.1 Å². The van der Waals surface area contributed by atoms with E-state index in [9.17, 15) is 4.79 Å². The summed E-state index contributed by atoms with van der Waals surface area (Å²) >= 11 is 0. The number of rotatable bonds is 10. The molecule has 1 aromatic heterocycles. The quantitative estimate of drug-likeness (QED) is 0.348. The Morgan fingerprint density at radius 2 is 1.94 bits per heavy atom. The first kappa shape index (κ1) is 25.8. The maximum absolute atomic E-state index is 11.4. The molecule has 1 saturated heterocycles. The summed E-state index contributed by atoms with van der Waals surface area (Å²) in [6.45, 7) is 18.8. The molecule has 1 aromatic carbocycles. The zero-order valence-corrected chi connectivity index (χ0v) is 21.2. The van der Waals surface area contributed by atoms with Crippen LogP contribution in [0.2, 0.25) is 0 Å². The van der Waals surface area contributed by atoms with Crippen LogP contribution in [-0.4, -0.2) is 85.0 Å². The van der Waals surface area contributed by atoms with Gasteiger partial charge in [-0.1, -0.05) is 43.5 Å². The minimum absolute atomic E-state index is 0.609. The Hall–Kier alpha value is -3.33. The van der Waals surface area contributed by atoms with E-state index in [1.165, 1.54) is 5.57 Å². The first-order valence-corrected chi connectivity index (χ1v) is 12.7. The molecule has 36 heavy (non-hydrogen) atoms. The molecule has 0 unspecified atom stereocenters. The first-order valence-electron chi connectivity index (χ1n) is 12.7. The van der Waals surface area contributed by atoms with Crippen molar-refractivity contribution in [1.29, 1.82) is 0 Å². The van der Waals surface area contributed by atoms with Gasteiger partial charge in [-0.15, -0.1) is 0 Å². The van der Waals surface area contributed by atoms with Crippen LogP contribution in [0.25, 0.3) is 11.3 Å². The smallest absolute Gasteiger partial charge is 0.225 e. The number of nitrogens with zero attached hydrogens (tertiary/aromatic N) is 4. The highest BCUT2D eigenvalue weighted by Crippen LogP contribution is 2.31. The molecule has 0 aliphatic carbocycles. The third-order valence-electron chi connectivity index (χ3n) is 6.73. The van der Waals surface area contributed by atoms with E-state index in [0.29, 0.717) is 18.1 Å². The molecule has 3 heterocycles. The fourth-order valence-corrected chi connectivity index (χ4v) is 4.64. The van der Waals surface area contributed by atoms with Crippen LogP contribution >= 0.6 is 0 Å². The van der Waals surface area contributed by atoms with Gasteiger partial charge in [0.05, 0.1) is 5.69 Å². The average Bonchev–Trinajstić information content (AvgIpc) is 3.15. The first-order chi connectivity index (χ1) is 17.6. The lowest BCUT2D eigenvalue weighted by Gasteiger charge is -2.34. The average molecular weight is 488 g/mol. The maximum Gasteiger partial charge on any atom is 0.225 e. The molecule has 2 aliphatic rings. The number of nitrogens with one attached hydrogen (secondary N) is 3. The van der Waals surface area contributed by atoms with Crippen LogP contribution in [-0.2, 0) is 6.54 Å². The van der Waals surface area contributed by atoms with Gasteiger partial charge in [-0.3, -0.25) is 14.6 Å². The van der Waals surface area contributed by atoms with Crippen molar-refractivity contribution in [3.63, 3.8) is 0 Å². The van der Waals surface area contributed by atoms with Crippen LogP contribution in [0.4, 0.5) is 11.8 Å². The fourth-order valence-electron chi connectivity index (χ4n) is 4.64. The standard InChI is InChI=1S/C28H37N7O/c1-4-6-22(5-2)19-35-15-13-34(14-16-35)12-11-31-28-32-26(24-17-23(20-36)8-7-21(24)3)25-18-29-9-10-30-27(25)33-28/h4-8,17,20,29H,1-2,9-16,18-19H2,3H3,(H2,30,31,32,33)/b22-6+. The van der Waals surface area contributed by atoms with Gasteiger partial charge in [0.1, 0.15) is 12.1 Å². The van der Waals surface area contributed by atoms with Gasteiger partial charge in [0.15, 0.2) is 0 Å². The summed E-state index contributed by atoms with van der Waals surface area (Å²) in [6.07, 6.45) is 6.64. The van der Waals surface area contributed by atoms with E-state index in [0.717, 1.165) is 93.4 Å². The van der Waals surface area contributed by atoms with Gasteiger partial charge >= 0.3 is 0 Å². The number of hydrogen-bond acceptors (Lipinski definition) is 8. The van der Waals surface area contributed by atoms with Gasteiger partial charge in [0.2, 0.25) is 5.95 Å². The molecule has 0 spiro atoms. The van der Waals surface area contributed by atoms with Crippen molar-refractivity contribution in [2.45, 2.75) is 13.5 Å². The molecule has 0 saturated carbocycles. The van der Waals surface area contributed by atoms with Crippen LogP contribution in [0.3, 0.4) is 0 Å². The van der Waals surface area contributed by atoms with Crippen molar-refractivity contribution in [3.05, 3.63) is 71.8 Å². The number of hydrogen-bond donors (Lipinski definition) is 3. The highest BCUT2D eigenvalue weighted by molar-refractivity contribution is 5.81. The normalized spacial score (nSPS) is 17.0. The monoisotopic (exact) mass is 487 g/mol. The van der Waals surface area contributed by atoms with Crippen LogP contribution in [0.5, 0.6) is 0 Å². The lowest BCUT2D eigenvalue weighted by Crippen LogP contribution is -2.47. The summed E-state index contributed by atoms with van der Waals surface area (Å²) < 4.78 is 0. The molecule has 2 aliphatic heterocycles. The van der Waals surface area contributed by atoms with Crippen molar-refractivity contribution in [2.75, 3.05) is 69.5 Å². The van der Waals surface area contributed by atoms with Gasteiger partial charge < -0.3 is 16.0 Å². The Labute approximate surface area is 214 Å². The molecule has 190 valence electrons. The number of benzene rings is 1. The van der Waals surface area contributed by atoms with Gasteiger partial charge in [-0.2, -0.15) is 4.98 Å². The lowest BCUT2D eigenvalue weighted by molar-refractivity contribution is 0.112. The maximum atomic E-state index is 11.4. The summed E-state index contributed by atoms with van der Waals surface area (Å²) in [4.78, 5) is 26.1. The van der Waals surface area contributed by atoms with Gasteiger partial charge in [0, 0.05) is 82.1 Å². The molecule has 3 N–H and O–H groups in total. The Morgan fingerprint density at radius 1 is 1.14 bits per heavy atom. The predicted octanol–water partition coefficient (Wildman–Crippen LogP) is 3.11. The van der Waals surface area contributed by atoms with Crippen LogP contribution in [0.15, 0.2) is 55.2 Å². The van der Waals surface area contributed by atoms with E-state index < -0.39 is 0 Å². The number of aryl methyl sites for hydroxylation is 1. The molecule has 0 amide bonds. The van der Waals surface area contributed by atoms with Gasteiger partial charge in [-0.05, 0) is 24.1 Å². The number of anilines is 2. The highest BCUT2D eigenvalue weighted by Gasteiger charge is 2.20. The Kier molecular flexibility index (Phi) is 9.00. The Bertz CT molecular complexity index is 1120. The second-order valence-electron chi connectivity index (χ2n) is 9.24. The fraction of sp³-hybridized carbons (Fsp3) is 0.393. The van der Waals surface area contributed by atoms with Crippen LogP contribution in [0.1, 0.15) is 21.5 Å². The molecule has 0 radical (unpaired) electrons. The summed E-state index contributed by atoms with van der Waals surface area (Å²) in [5.41, 5.74) is 5.79. The zero-order chi connectivity index (χ0) is 25.3. The molecular weight excluding hydrogens is 450 g/mol. The largest absolute Gasteiger partial charge is 0.368 e. The van der Waals surface area contributed by atoms with Crippen molar-refractivity contribution in [3.8, 4) is 11.3 Å². The van der Waals surface area contributed by atoms with Crippen molar-refractivity contribution < 1.29 is 4.79 Å². The molecule has 8 heteroatoms. The lowest BCUT2D eigenvalue weighted by atomic mass is 9.99. The molecule has 2 aromatic rings.